The number of aliphatic hydroxyl groups excluding tert-OH is 1. The van der Waals surface area contributed by atoms with Crippen molar-refractivity contribution >= 4 is 16.8 Å². The molecule has 1 atom stereocenters. The molecule has 5 nitrogen and oxygen atoms in total. The largest absolute Gasteiger partial charge is 0.497 e. The molecule has 0 radical (unpaired) electrons. The normalized spacial score (nSPS) is 11.8. The van der Waals surface area contributed by atoms with Crippen molar-refractivity contribution in [1.82, 2.24) is 10.3 Å². The Morgan fingerprint density at radius 3 is 2.42 bits per heavy atom. The van der Waals surface area contributed by atoms with Gasteiger partial charge in [-0.1, -0.05) is 48.5 Å². The lowest BCUT2D eigenvalue weighted by Gasteiger charge is -2.18. The van der Waals surface area contributed by atoms with Crippen molar-refractivity contribution in [3.8, 4) is 17.0 Å². The highest BCUT2D eigenvalue weighted by molar-refractivity contribution is 6.07. The fourth-order valence-corrected chi connectivity index (χ4v) is 3.60. The van der Waals surface area contributed by atoms with E-state index in [1.54, 1.807) is 13.2 Å². The molecule has 0 unspecified atom stereocenters. The van der Waals surface area contributed by atoms with Crippen LogP contribution in [0.5, 0.6) is 5.75 Å². The van der Waals surface area contributed by atoms with E-state index in [-0.39, 0.29) is 18.6 Å². The number of pyridine rings is 1. The van der Waals surface area contributed by atoms with E-state index in [0.29, 0.717) is 17.7 Å². The lowest BCUT2D eigenvalue weighted by Crippen LogP contribution is -2.39. The summed E-state index contributed by atoms with van der Waals surface area (Å²) < 4.78 is 5.23. The monoisotopic (exact) mass is 412 g/mol. The molecule has 0 spiro atoms. The van der Waals surface area contributed by atoms with Gasteiger partial charge >= 0.3 is 0 Å². The van der Waals surface area contributed by atoms with Crippen LogP contribution in [0.3, 0.4) is 0 Å². The fourth-order valence-electron chi connectivity index (χ4n) is 3.60. The number of amides is 1. The van der Waals surface area contributed by atoms with Gasteiger partial charge in [-0.25, -0.2) is 4.98 Å². The summed E-state index contributed by atoms with van der Waals surface area (Å²) >= 11 is 0. The highest BCUT2D eigenvalue weighted by Gasteiger charge is 2.18. The van der Waals surface area contributed by atoms with E-state index in [0.717, 1.165) is 27.8 Å². The van der Waals surface area contributed by atoms with Crippen molar-refractivity contribution in [3.63, 3.8) is 0 Å². The van der Waals surface area contributed by atoms with Crippen LogP contribution in [0.4, 0.5) is 0 Å². The Labute approximate surface area is 181 Å². The summed E-state index contributed by atoms with van der Waals surface area (Å²) in [5.41, 5.74) is 3.92. The van der Waals surface area contributed by atoms with Crippen LogP contribution in [0.1, 0.15) is 15.9 Å². The Bertz CT molecular complexity index is 1170. The molecule has 0 aliphatic rings. The van der Waals surface area contributed by atoms with E-state index in [9.17, 15) is 9.90 Å². The number of hydrogen-bond acceptors (Lipinski definition) is 4. The molecule has 1 amide bonds. The second-order valence-corrected chi connectivity index (χ2v) is 7.34. The second-order valence-electron chi connectivity index (χ2n) is 7.34. The van der Waals surface area contributed by atoms with E-state index < -0.39 is 0 Å². The first-order valence-corrected chi connectivity index (χ1v) is 10.2. The predicted molar refractivity (Wildman–Crippen MR) is 122 cm³/mol. The summed E-state index contributed by atoms with van der Waals surface area (Å²) in [5.74, 6) is 0.526. The summed E-state index contributed by atoms with van der Waals surface area (Å²) in [7, 11) is 1.62. The molecular formula is C26H24N2O3. The quantitative estimate of drug-likeness (QED) is 0.476. The minimum absolute atomic E-state index is 0.144. The number of nitrogens with zero attached hydrogens (tertiary/aromatic N) is 1. The molecule has 0 bridgehead atoms. The molecule has 0 aliphatic heterocycles. The third-order valence-electron chi connectivity index (χ3n) is 5.23. The number of carbonyl (C=O) groups is 1. The Kier molecular flexibility index (Phi) is 6.24. The Morgan fingerprint density at radius 1 is 1.00 bits per heavy atom. The molecule has 1 heterocycles. The number of aliphatic hydroxyl groups is 1. The average molecular weight is 412 g/mol. The number of benzene rings is 3. The van der Waals surface area contributed by atoms with Crippen molar-refractivity contribution < 1.29 is 14.6 Å². The van der Waals surface area contributed by atoms with E-state index in [2.05, 4.69) is 5.32 Å². The minimum atomic E-state index is -0.383. The maximum absolute atomic E-state index is 13.2. The maximum atomic E-state index is 13.2. The number of aromatic nitrogens is 1. The van der Waals surface area contributed by atoms with Gasteiger partial charge in [-0.15, -0.1) is 0 Å². The summed E-state index contributed by atoms with van der Waals surface area (Å²) in [5, 5.41) is 13.6. The first-order valence-electron chi connectivity index (χ1n) is 10.2. The Balaban J connectivity index is 1.67. The predicted octanol–water partition coefficient (Wildman–Crippen LogP) is 4.24. The van der Waals surface area contributed by atoms with Crippen LogP contribution in [-0.4, -0.2) is 35.8 Å². The van der Waals surface area contributed by atoms with Gasteiger partial charge in [0, 0.05) is 10.9 Å². The van der Waals surface area contributed by atoms with Gasteiger partial charge in [0.2, 0.25) is 0 Å². The second kappa shape index (κ2) is 9.41. The topological polar surface area (TPSA) is 71.5 Å². The lowest BCUT2D eigenvalue weighted by atomic mass is 10.0. The standard InChI is InChI=1S/C26H24N2O3/c1-31-21-13-11-19(12-14-21)25-16-23(22-9-5-6-10-24(22)28-25)26(30)27-20(17-29)15-18-7-3-2-4-8-18/h2-14,16,20,29H,15,17H2,1H3,(H,27,30)/t20-/m0/s1. The van der Waals surface area contributed by atoms with E-state index in [1.807, 2.05) is 78.9 Å². The lowest BCUT2D eigenvalue weighted by molar-refractivity contribution is 0.0918. The molecule has 5 heteroatoms. The zero-order valence-corrected chi connectivity index (χ0v) is 17.3. The number of para-hydroxylation sites is 1. The highest BCUT2D eigenvalue weighted by atomic mass is 16.5. The molecule has 0 saturated carbocycles. The highest BCUT2D eigenvalue weighted by Crippen LogP contribution is 2.26. The van der Waals surface area contributed by atoms with Crippen molar-refractivity contribution in [1.29, 1.82) is 0 Å². The number of methoxy groups -OCH3 is 1. The smallest absolute Gasteiger partial charge is 0.252 e. The van der Waals surface area contributed by atoms with Gasteiger partial charge in [0.25, 0.3) is 5.91 Å². The van der Waals surface area contributed by atoms with Crippen LogP contribution in [0.25, 0.3) is 22.2 Å². The van der Waals surface area contributed by atoms with Crippen molar-refractivity contribution in [2.75, 3.05) is 13.7 Å². The first kappa shape index (κ1) is 20.6. The molecule has 3 aromatic carbocycles. The third kappa shape index (κ3) is 4.73. The van der Waals surface area contributed by atoms with Gasteiger partial charge in [0.1, 0.15) is 5.75 Å². The number of carbonyl (C=O) groups excluding carboxylic acids is 1. The maximum Gasteiger partial charge on any atom is 0.252 e. The van der Waals surface area contributed by atoms with Gasteiger partial charge in [-0.3, -0.25) is 4.79 Å². The molecule has 0 saturated heterocycles. The number of rotatable bonds is 7. The van der Waals surface area contributed by atoms with Crippen LogP contribution >= 0.6 is 0 Å². The molecule has 0 fully saturated rings. The van der Waals surface area contributed by atoms with Gasteiger partial charge in [-0.2, -0.15) is 0 Å². The van der Waals surface area contributed by atoms with Crippen LogP contribution in [0.2, 0.25) is 0 Å². The number of nitrogens with one attached hydrogen (secondary N) is 1. The minimum Gasteiger partial charge on any atom is -0.497 e. The molecule has 156 valence electrons. The third-order valence-corrected chi connectivity index (χ3v) is 5.23. The van der Waals surface area contributed by atoms with Crippen molar-refractivity contribution in [2.24, 2.45) is 0 Å². The van der Waals surface area contributed by atoms with Crippen LogP contribution in [0, 0.1) is 0 Å². The van der Waals surface area contributed by atoms with E-state index in [1.165, 1.54) is 0 Å². The van der Waals surface area contributed by atoms with Crippen molar-refractivity contribution in [2.45, 2.75) is 12.5 Å². The van der Waals surface area contributed by atoms with Crippen molar-refractivity contribution in [3.05, 3.63) is 96.1 Å². The van der Waals surface area contributed by atoms with Crippen LogP contribution in [0.15, 0.2) is 84.9 Å². The van der Waals surface area contributed by atoms with E-state index >= 15 is 0 Å². The fraction of sp³-hybridized carbons (Fsp3) is 0.154. The van der Waals surface area contributed by atoms with Gasteiger partial charge in [0.15, 0.2) is 0 Å². The SMILES string of the molecule is COc1ccc(-c2cc(C(=O)N[C@H](CO)Cc3ccccc3)c3ccccc3n2)cc1. The molecular weight excluding hydrogens is 388 g/mol. The summed E-state index contributed by atoms with van der Waals surface area (Å²) in [4.78, 5) is 18.0. The van der Waals surface area contributed by atoms with E-state index in [4.69, 9.17) is 9.72 Å². The first-order chi connectivity index (χ1) is 15.2. The molecule has 4 aromatic rings. The molecule has 1 aromatic heterocycles. The molecule has 2 N–H and O–H groups in total. The van der Waals surface area contributed by atoms with Gasteiger partial charge in [-0.05, 0) is 48.4 Å². The van der Waals surface area contributed by atoms with Crippen LogP contribution in [-0.2, 0) is 6.42 Å². The molecule has 4 rings (SSSR count). The number of ether oxygens (including phenoxy) is 1. The van der Waals surface area contributed by atoms with Crippen LogP contribution < -0.4 is 10.1 Å². The summed E-state index contributed by atoms with van der Waals surface area (Å²) in [6.45, 7) is -0.144. The summed E-state index contributed by atoms with van der Waals surface area (Å²) in [6.07, 6.45) is 0.553. The average Bonchev–Trinajstić information content (AvgIpc) is 2.83. The van der Waals surface area contributed by atoms with Gasteiger partial charge in [0.05, 0.1) is 36.5 Å². The molecule has 31 heavy (non-hydrogen) atoms. The Hall–Kier alpha value is -3.70. The Morgan fingerprint density at radius 2 is 1.71 bits per heavy atom. The van der Waals surface area contributed by atoms with Gasteiger partial charge < -0.3 is 15.2 Å². The molecule has 0 aliphatic carbocycles. The number of hydrogen-bond donors (Lipinski definition) is 2. The zero-order valence-electron chi connectivity index (χ0n) is 17.3. The number of fused-ring (bicyclic) bond motifs is 1. The summed E-state index contributed by atoms with van der Waals surface area (Å²) in [6, 6.07) is 26.4. The zero-order chi connectivity index (χ0) is 21.6.